The van der Waals surface area contributed by atoms with Crippen LogP contribution in [0, 0.1) is 0 Å². The van der Waals surface area contributed by atoms with Crippen molar-refractivity contribution in [3.05, 3.63) is 12.2 Å². The number of aliphatic hydroxyl groups excluding tert-OH is 1. The fourth-order valence-electron chi connectivity index (χ4n) is 2.23. The van der Waals surface area contributed by atoms with Crippen molar-refractivity contribution in [2.45, 2.75) is 50.8 Å². The van der Waals surface area contributed by atoms with Crippen molar-refractivity contribution in [1.29, 1.82) is 0 Å². The second-order valence-corrected chi connectivity index (χ2v) is 4.49. The summed E-state index contributed by atoms with van der Waals surface area (Å²) < 4.78 is 1.76. The largest absolute Gasteiger partial charge is 0.392 e. The summed E-state index contributed by atoms with van der Waals surface area (Å²) >= 11 is 0. The Balaban J connectivity index is 1.86. The number of nitrogens with zero attached hydrogens (tertiary/aromatic N) is 3. The molecular weight excluding hydrogens is 204 g/mol. The van der Waals surface area contributed by atoms with Gasteiger partial charge >= 0.3 is 0 Å². The van der Waals surface area contributed by atoms with Gasteiger partial charge in [0, 0.05) is 13.1 Å². The Hall–Kier alpha value is -0.940. The lowest BCUT2D eigenvalue weighted by Crippen LogP contribution is -2.39. The molecule has 0 saturated heterocycles. The van der Waals surface area contributed by atoms with E-state index < -0.39 is 0 Å². The highest BCUT2D eigenvalue weighted by Gasteiger charge is 2.21. The maximum atomic E-state index is 9.94. The van der Waals surface area contributed by atoms with E-state index in [1.807, 2.05) is 7.05 Å². The number of nitrogens with one attached hydrogen (secondary N) is 1. The zero-order chi connectivity index (χ0) is 11.4. The van der Waals surface area contributed by atoms with Gasteiger partial charge in [-0.15, -0.1) is 0 Å². The van der Waals surface area contributed by atoms with E-state index in [0.29, 0.717) is 6.54 Å². The molecule has 1 saturated carbocycles. The van der Waals surface area contributed by atoms with E-state index in [-0.39, 0.29) is 12.1 Å². The maximum Gasteiger partial charge on any atom is 0.140 e. The smallest absolute Gasteiger partial charge is 0.140 e. The van der Waals surface area contributed by atoms with Crippen LogP contribution in [0.15, 0.2) is 6.33 Å². The molecular formula is C11H20N4O. The molecule has 0 aromatic carbocycles. The summed E-state index contributed by atoms with van der Waals surface area (Å²) in [6.45, 7) is 0.679. The lowest BCUT2D eigenvalue weighted by Gasteiger charge is -2.21. The monoisotopic (exact) mass is 224 g/mol. The molecule has 2 rings (SSSR count). The number of aliphatic hydroxyl groups is 1. The first kappa shape index (κ1) is 11.5. The Kier molecular flexibility index (Phi) is 3.90. The normalized spacial score (nSPS) is 26.6. The van der Waals surface area contributed by atoms with Crippen LogP contribution in [0.25, 0.3) is 0 Å². The second kappa shape index (κ2) is 5.41. The van der Waals surface area contributed by atoms with Crippen LogP contribution in [0.3, 0.4) is 0 Å². The number of hydrogen-bond donors (Lipinski definition) is 2. The summed E-state index contributed by atoms with van der Waals surface area (Å²) in [5.41, 5.74) is 0. The zero-order valence-electron chi connectivity index (χ0n) is 9.76. The Labute approximate surface area is 95.9 Å². The molecule has 1 aromatic heterocycles. The van der Waals surface area contributed by atoms with Gasteiger partial charge in [-0.25, -0.2) is 4.98 Å². The van der Waals surface area contributed by atoms with Crippen molar-refractivity contribution >= 4 is 0 Å². The lowest BCUT2D eigenvalue weighted by atomic mass is 10.1. The van der Waals surface area contributed by atoms with Crippen LogP contribution < -0.4 is 5.32 Å². The van der Waals surface area contributed by atoms with Gasteiger partial charge in [-0.05, 0) is 12.8 Å². The van der Waals surface area contributed by atoms with Gasteiger partial charge in [-0.3, -0.25) is 4.68 Å². The van der Waals surface area contributed by atoms with E-state index in [9.17, 15) is 5.11 Å². The van der Waals surface area contributed by atoms with Gasteiger partial charge in [0.1, 0.15) is 12.2 Å². The van der Waals surface area contributed by atoms with E-state index >= 15 is 0 Å². The van der Waals surface area contributed by atoms with Crippen molar-refractivity contribution in [3.63, 3.8) is 0 Å². The van der Waals surface area contributed by atoms with Crippen molar-refractivity contribution in [2.75, 3.05) is 0 Å². The van der Waals surface area contributed by atoms with Gasteiger partial charge in [0.25, 0.3) is 0 Å². The number of aromatic nitrogens is 3. The van der Waals surface area contributed by atoms with Gasteiger partial charge in [0.05, 0.1) is 12.6 Å². The Morgan fingerprint density at radius 3 is 3.00 bits per heavy atom. The van der Waals surface area contributed by atoms with Crippen molar-refractivity contribution in [3.8, 4) is 0 Å². The number of aryl methyl sites for hydroxylation is 1. The minimum Gasteiger partial charge on any atom is -0.392 e. The molecule has 1 aromatic rings. The molecule has 0 radical (unpaired) electrons. The third-order valence-electron chi connectivity index (χ3n) is 3.31. The molecule has 2 atom stereocenters. The van der Waals surface area contributed by atoms with Gasteiger partial charge in [0.15, 0.2) is 0 Å². The molecule has 5 nitrogen and oxygen atoms in total. The molecule has 1 aliphatic rings. The molecule has 1 heterocycles. The van der Waals surface area contributed by atoms with Gasteiger partial charge in [-0.2, -0.15) is 5.10 Å². The first-order valence-corrected chi connectivity index (χ1v) is 6.01. The van der Waals surface area contributed by atoms with Crippen LogP contribution >= 0.6 is 0 Å². The topological polar surface area (TPSA) is 63.0 Å². The van der Waals surface area contributed by atoms with Gasteiger partial charge in [0.2, 0.25) is 0 Å². The summed E-state index contributed by atoms with van der Waals surface area (Å²) in [5.74, 6) is 0.913. The summed E-state index contributed by atoms with van der Waals surface area (Å²) in [6.07, 6.45) is 6.89. The molecule has 16 heavy (non-hydrogen) atoms. The molecule has 2 unspecified atom stereocenters. The molecule has 1 aliphatic carbocycles. The Bertz CT molecular complexity index is 326. The van der Waals surface area contributed by atoms with Crippen LogP contribution in [-0.2, 0) is 13.6 Å². The molecule has 0 spiro atoms. The van der Waals surface area contributed by atoms with Crippen LogP contribution in [0.2, 0.25) is 0 Å². The number of hydrogen-bond acceptors (Lipinski definition) is 4. The number of rotatable bonds is 3. The molecule has 0 bridgehead atoms. The van der Waals surface area contributed by atoms with Crippen LogP contribution in [0.1, 0.15) is 37.9 Å². The lowest BCUT2D eigenvalue weighted by molar-refractivity contribution is 0.119. The van der Waals surface area contributed by atoms with Gasteiger partial charge < -0.3 is 10.4 Å². The van der Waals surface area contributed by atoms with E-state index in [1.165, 1.54) is 12.8 Å². The summed E-state index contributed by atoms with van der Waals surface area (Å²) in [5, 5.41) is 17.3. The molecule has 1 fully saturated rings. The fraction of sp³-hybridized carbons (Fsp3) is 0.818. The third kappa shape index (κ3) is 2.80. The molecule has 2 N–H and O–H groups in total. The predicted molar refractivity (Wildman–Crippen MR) is 60.7 cm³/mol. The first-order chi connectivity index (χ1) is 7.77. The fourth-order valence-corrected chi connectivity index (χ4v) is 2.23. The van der Waals surface area contributed by atoms with E-state index in [2.05, 4.69) is 15.4 Å². The first-order valence-electron chi connectivity index (χ1n) is 6.01. The predicted octanol–water partition coefficient (Wildman–Crippen LogP) is 0.598. The Morgan fingerprint density at radius 1 is 1.44 bits per heavy atom. The van der Waals surface area contributed by atoms with Crippen molar-refractivity contribution in [2.24, 2.45) is 7.05 Å². The van der Waals surface area contributed by atoms with E-state index in [0.717, 1.165) is 25.1 Å². The Morgan fingerprint density at radius 2 is 2.25 bits per heavy atom. The molecule has 5 heteroatoms. The second-order valence-electron chi connectivity index (χ2n) is 4.49. The molecule has 0 amide bonds. The standard InChI is InChI=1S/C11H20N4O/c1-15-11(13-8-14-15)7-12-9-5-3-2-4-6-10(9)16/h8-10,12,16H,2-7H2,1H3. The van der Waals surface area contributed by atoms with Gasteiger partial charge in [-0.1, -0.05) is 19.3 Å². The van der Waals surface area contributed by atoms with Crippen molar-refractivity contribution < 1.29 is 5.11 Å². The average molecular weight is 224 g/mol. The quantitative estimate of drug-likeness (QED) is 0.738. The average Bonchev–Trinajstić information content (AvgIpc) is 2.56. The van der Waals surface area contributed by atoms with E-state index in [1.54, 1.807) is 11.0 Å². The summed E-state index contributed by atoms with van der Waals surface area (Å²) in [6, 6.07) is 0.208. The molecule has 0 aliphatic heterocycles. The highest BCUT2D eigenvalue weighted by Crippen LogP contribution is 2.18. The van der Waals surface area contributed by atoms with E-state index in [4.69, 9.17) is 0 Å². The zero-order valence-corrected chi connectivity index (χ0v) is 9.76. The minimum absolute atomic E-state index is 0.208. The minimum atomic E-state index is -0.212. The highest BCUT2D eigenvalue weighted by atomic mass is 16.3. The highest BCUT2D eigenvalue weighted by molar-refractivity contribution is 4.86. The van der Waals surface area contributed by atoms with Crippen LogP contribution in [-0.4, -0.2) is 32.0 Å². The summed E-state index contributed by atoms with van der Waals surface area (Å²) in [4.78, 5) is 4.16. The summed E-state index contributed by atoms with van der Waals surface area (Å²) in [7, 11) is 1.88. The van der Waals surface area contributed by atoms with Crippen LogP contribution in [0.4, 0.5) is 0 Å². The van der Waals surface area contributed by atoms with Crippen LogP contribution in [0.5, 0.6) is 0 Å². The third-order valence-corrected chi connectivity index (χ3v) is 3.31. The van der Waals surface area contributed by atoms with Crippen molar-refractivity contribution in [1.82, 2.24) is 20.1 Å². The SMILES string of the molecule is Cn1ncnc1CNC1CCCCCC1O. The molecule has 90 valence electrons. The maximum absolute atomic E-state index is 9.94.